The van der Waals surface area contributed by atoms with Gasteiger partial charge in [0.1, 0.15) is 0 Å². The summed E-state index contributed by atoms with van der Waals surface area (Å²) in [5, 5.41) is 30.4. The summed E-state index contributed by atoms with van der Waals surface area (Å²) in [4.78, 5) is 0. The summed E-state index contributed by atoms with van der Waals surface area (Å²) in [5.41, 5.74) is -0.0943. The van der Waals surface area contributed by atoms with E-state index in [0.717, 1.165) is 55.3 Å². The van der Waals surface area contributed by atoms with Gasteiger partial charge < -0.3 is 15.3 Å². The third kappa shape index (κ3) is 4.50. The fourth-order valence-electron chi connectivity index (χ4n) is 9.33. The third-order valence-electron chi connectivity index (χ3n) is 11.3. The van der Waals surface area contributed by atoms with Crippen LogP contribution in [0.5, 0.6) is 0 Å². The highest BCUT2D eigenvalue weighted by Crippen LogP contribution is 2.68. The van der Waals surface area contributed by atoms with Gasteiger partial charge in [-0.1, -0.05) is 20.3 Å². The molecule has 4 aliphatic rings. The highest BCUT2D eigenvalue weighted by molar-refractivity contribution is 5.10. The van der Waals surface area contributed by atoms with Crippen molar-refractivity contribution in [3.05, 3.63) is 0 Å². The van der Waals surface area contributed by atoms with Crippen LogP contribution in [0.3, 0.4) is 0 Å². The van der Waals surface area contributed by atoms with Crippen LogP contribution < -0.4 is 0 Å². The van der Waals surface area contributed by atoms with Crippen molar-refractivity contribution < 1.29 is 15.3 Å². The molecule has 3 heteroatoms. The molecule has 0 bridgehead atoms. The van der Waals surface area contributed by atoms with Crippen molar-refractivity contribution in [2.45, 2.75) is 129 Å². The molecule has 0 saturated heterocycles. The quantitative estimate of drug-likeness (QED) is 0.454. The molecule has 4 saturated carbocycles. The summed E-state index contributed by atoms with van der Waals surface area (Å²) < 4.78 is 0. The lowest BCUT2D eigenvalue weighted by Crippen LogP contribution is -2.55. The molecule has 180 valence electrons. The second-order valence-electron chi connectivity index (χ2n) is 13.4. The van der Waals surface area contributed by atoms with Gasteiger partial charge in [0.05, 0.1) is 11.2 Å². The van der Waals surface area contributed by atoms with Crippen LogP contribution in [-0.2, 0) is 0 Å². The molecule has 0 aliphatic heterocycles. The van der Waals surface area contributed by atoms with E-state index in [-0.39, 0.29) is 6.61 Å². The molecule has 3 nitrogen and oxygen atoms in total. The van der Waals surface area contributed by atoms with Crippen LogP contribution in [0, 0.1) is 40.4 Å². The van der Waals surface area contributed by atoms with Crippen molar-refractivity contribution in [3.63, 3.8) is 0 Å². The largest absolute Gasteiger partial charge is 0.396 e. The average molecular weight is 435 g/mol. The first kappa shape index (κ1) is 24.0. The molecule has 4 rings (SSSR count). The molecule has 0 aromatic carbocycles. The fourth-order valence-corrected chi connectivity index (χ4v) is 9.33. The van der Waals surface area contributed by atoms with Crippen molar-refractivity contribution in [3.8, 4) is 0 Å². The van der Waals surface area contributed by atoms with E-state index in [1.807, 2.05) is 6.92 Å². The second kappa shape index (κ2) is 8.58. The van der Waals surface area contributed by atoms with Gasteiger partial charge in [0, 0.05) is 6.61 Å². The summed E-state index contributed by atoms with van der Waals surface area (Å²) >= 11 is 0. The molecule has 0 spiro atoms. The molecule has 4 fully saturated rings. The third-order valence-corrected chi connectivity index (χ3v) is 11.3. The molecule has 3 N–H and O–H groups in total. The van der Waals surface area contributed by atoms with Crippen LogP contribution in [-0.4, -0.2) is 33.1 Å². The average Bonchev–Trinajstić information content (AvgIpc) is 3.03. The summed E-state index contributed by atoms with van der Waals surface area (Å²) in [5.74, 6) is 4.22. The number of hydrogen-bond acceptors (Lipinski definition) is 3. The van der Waals surface area contributed by atoms with Gasteiger partial charge in [-0.05, 0) is 138 Å². The first-order chi connectivity index (χ1) is 14.5. The van der Waals surface area contributed by atoms with Gasteiger partial charge in [0.2, 0.25) is 0 Å². The summed E-state index contributed by atoms with van der Waals surface area (Å²) in [6, 6.07) is 0. The van der Waals surface area contributed by atoms with Gasteiger partial charge in [-0.15, -0.1) is 0 Å². The molecule has 4 aliphatic carbocycles. The Morgan fingerprint density at radius 2 is 1.55 bits per heavy atom. The van der Waals surface area contributed by atoms with E-state index in [1.165, 1.54) is 51.4 Å². The second-order valence-corrected chi connectivity index (χ2v) is 13.4. The molecular formula is C28H50O3. The molecule has 0 aromatic heterocycles. The van der Waals surface area contributed by atoms with Gasteiger partial charge >= 0.3 is 0 Å². The Morgan fingerprint density at radius 3 is 2.29 bits per heavy atom. The van der Waals surface area contributed by atoms with Crippen LogP contribution in [0.15, 0.2) is 0 Å². The van der Waals surface area contributed by atoms with Crippen molar-refractivity contribution in [2.75, 3.05) is 6.61 Å². The number of fused-ring (bicyclic) bond motifs is 5. The molecule has 9 unspecified atom stereocenters. The number of aliphatic hydroxyl groups excluding tert-OH is 1. The lowest BCUT2D eigenvalue weighted by Gasteiger charge is -2.62. The molecule has 9 atom stereocenters. The van der Waals surface area contributed by atoms with Gasteiger partial charge in [-0.3, -0.25) is 0 Å². The zero-order valence-corrected chi connectivity index (χ0v) is 20.8. The lowest BCUT2D eigenvalue weighted by atomic mass is 9.44. The Bertz CT molecular complexity index is 628. The molecule has 0 aromatic rings. The number of aliphatic hydroxyl groups is 3. The summed E-state index contributed by atoms with van der Waals surface area (Å²) in [7, 11) is 0. The zero-order valence-electron chi connectivity index (χ0n) is 20.8. The molecule has 0 radical (unpaired) electrons. The minimum Gasteiger partial charge on any atom is -0.396 e. The summed E-state index contributed by atoms with van der Waals surface area (Å²) in [6.45, 7) is 9.41. The predicted molar refractivity (Wildman–Crippen MR) is 127 cm³/mol. The molecule has 0 amide bonds. The molecular weight excluding hydrogens is 384 g/mol. The van der Waals surface area contributed by atoms with Gasteiger partial charge in [-0.2, -0.15) is 0 Å². The maximum absolute atomic E-state index is 10.7. The Morgan fingerprint density at radius 1 is 0.839 bits per heavy atom. The Labute approximate surface area is 191 Å². The SMILES string of the molecule is CC(O)(CCCO)CCCC1CCC2C3CCC4CC(C)(O)CCC4(C)C3CCC12C. The van der Waals surface area contributed by atoms with Crippen LogP contribution in [0.4, 0.5) is 0 Å². The van der Waals surface area contributed by atoms with Crippen molar-refractivity contribution in [1.29, 1.82) is 0 Å². The van der Waals surface area contributed by atoms with Crippen LogP contribution in [0.25, 0.3) is 0 Å². The van der Waals surface area contributed by atoms with E-state index in [2.05, 4.69) is 20.8 Å². The summed E-state index contributed by atoms with van der Waals surface area (Å²) in [6.07, 6.45) is 16.2. The Hall–Kier alpha value is -0.120. The van der Waals surface area contributed by atoms with E-state index >= 15 is 0 Å². The molecule has 0 heterocycles. The van der Waals surface area contributed by atoms with Gasteiger partial charge in [0.15, 0.2) is 0 Å². The number of hydrogen-bond donors (Lipinski definition) is 3. The monoisotopic (exact) mass is 434 g/mol. The number of rotatable bonds is 7. The van der Waals surface area contributed by atoms with E-state index in [0.29, 0.717) is 23.7 Å². The van der Waals surface area contributed by atoms with Crippen LogP contribution in [0.2, 0.25) is 0 Å². The van der Waals surface area contributed by atoms with Crippen LogP contribution >= 0.6 is 0 Å². The highest BCUT2D eigenvalue weighted by atomic mass is 16.3. The van der Waals surface area contributed by atoms with Crippen LogP contribution in [0.1, 0.15) is 118 Å². The zero-order chi connectivity index (χ0) is 22.5. The fraction of sp³-hybridized carbons (Fsp3) is 1.00. The first-order valence-electron chi connectivity index (χ1n) is 13.6. The normalized spacial score (nSPS) is 49.1. The Kier molecular flexibility index (Phi) is 6.65. The Balaban J connectivity index is 1.39. The topological polar surface area (TPSA) is 60.7 Å². The maximum Gasteiger partial charge on any atom is 0.0622 e. The van der Waals surface area contributed by atoms with E-state index in [4.69, 9.17) is 5.11 Å². The van der Waals surface area contributed by atoms with E-state index in [1.54, 1.807) is 0 Å². The molecule has 31 heavy (non-hydrogen) atoms. The predicted octanol–water partition coefficient (Wildman–Crippen LogP) is 6.09. The minimum atomic E-state index is -0.617. The maximum atomic E-state index is 10.7. The van der Waals surface area contributed by atoms with Crippen molar-refractivity contribution in [1.82, 2.24) is 0 Å². The van der Waals surface area contributed by atoms with Gasteiger partial charge in [0.25, 0.3) is 0 Å². The van der Waals surface area contributed by atoms with E-state index in [9.17, 15) is 10.2 Å². The van der Waals surface area contributed by atoms with Gasteiger partial charge in [-0.25, -0.2) is 0 Å². The minimum absolute atomic E-state index is 0.179. The highest BCUT2D eigenvalue weighted by Gasteiger charge is 2.60. The standard InChI is InChI=1S/C28H50O3/c1-25(30,14-6-18-29)13-5-7-20-9-11-23-22-10-8-21-19-26(2,31)16-17-28(21,4)24(22)12-15-27(20,23)3/h20-24,29-31H,5-19H2,1-4H3. The lowest BCUT2D eigenvalue weighted by molar-refractivity contribution is -0.146. The van der Waals surface area contributed by atoms with Crippen molar-refractivity contribution >= 4 is 0 Å². The first-order valence-corrected chi connectivity index (χ1v) is 13.6. The van der Waals surface area contributed by atoms with Crippen molar-refractivity contribution in [2.24, 2.45) is 40.4 Å². The smallest absolute Gasteiger partial charge is 0.0622 e. The van der Waals surface area contributed by atoms with E-state index < -0.39 is 11.2 Å².